The molecule has 1 aliphatic rings. The Balaban J connectivity index is 1.70. The summed E-state index contributed by atoms with van der Waals surface area (Å²) in [6.07, 6.45) is 2.92. The molecule has 6 nitrogen and oxygen atoms in total. The average Bonchev–Trinajstić information content (AvgIpc) is 3.17. The van der Waals surface area contributed by atoms with Crippen molar-refractivity contribution in [3.05, 3.63) is 21.8 Å². The lowest BCUT2D eigenvalue weighted by atomic mass is 10.0. The summed E-state index contributed by atoms with van der Waals surface area (Å²) < 4.78 is 11.5. The molecular formula is C15H18BrN3O3S. The van der Waals surface area contributed by atoms with E-state index in [1.165, 1.54) is 0 Å². The summed E-state index contributed by atoms with van der Waals surface area (Å²) in [7, 11) is 0. The van der Waals surface area contributed by atoms with Crippen LogP contribution in [-0.2, 0) is 16.1 Å². The summed E-state index contributed by atoms with van der Waals surface area (Å²) in [4.78, 5) is 19.6. The Kier molecular flexibility index (Phi) is 5.45. The molecule has 3 rings (SSSR count). The summed E-state index contributed by atoms with van der Waals surface area (Å²) in [5.41, 5.74) is 0. The Bertz CT molecular complexity index is 672. The van der Waals surface area contributed by atoms with Crippen LogP contribution in [0.4, 0.5) is 0 Å². The molecule has 0 aromatic carbocycles. The summed E-state index contributed by atoms with van der Waals surface area (Å²) in [5, 5.41) is 6.01. The highest BCUT2D eigenvalue weighted by Gasteiger charge is 2.31. The van der Waals surface area contributed by atoms with Crippen molar-refractivity contribution < 1.29 is 14.1 Å². The Morgan fingerprint density at radius 1 is 1.57 bits per heavy atom. The molecule has 3 heterocycles. The number of rotatable bonds is 5. The van der Waals surface area contributed by atoms with Gasteiger partial charge in [0.2, 0.25) is 11.7 Å². The molecule has 1 atom stereocenters. The average molecular weight is 400 g/mol. The predicted molar refractivity (Wildman–Crippen MR) is 90.0 cm³/mol. The predicted octanol–water partition coefficient (Wildman–Crippen LogP) is 3.48. The lowest BCUT2D eigenvalue weighted by molar-refractivity contribution is -0.151. The molecule has 1 fully saturated rings. The number of aromatic nitrogens is 2. The van der Waals surface area contributed by atoms with Gasteiger partial charge in [0.25, 0.3) is 0 Å². The van der Waals surface area contributed by atoms with Gasteiger partial charge in [0.05, 0.1) is 18.0 Å². The first-order valence-corrected chi connectivity index (χ1v) is 9.32. The Labute approximate surface area is 146 Å². The second-order valence-electron chi connectivity index (χ2n) is 5.38. The number of hydrogen-bond acceptors (Lipinski definition) is 7. The zero-order chi connectivity index (χ0) is 16.2. The van der Waals surface area contributed by atoms with Crippen molar-refractivity contribution in [2.75, 3.05) is 13.2 Å². The molecule has 8 heteroatoms. The minimum atomic E-state index is -0.213. The summed E-state index contributed by atoms with van der Waals surface area (Å²) >= 11 is 4.97. The second-order valence-corrected chi connectivity index (χ2v) is 7.20. The van der Waals surface area contributed by atoms with Crippen LogP contribution in [0.5, 0.6) is 0 Å². The van der Waals surface area contributed by atoms with Gasteiger partial charge in [-0.1, -0.05) is 11.6 Å². The van der Waals surface area contributed by atoms with Crippen LogP contribution in [0.3, 0.4) is 0 Å². The van der Waals surface area contributed by atoms with Gasteiger partial charge in [0.1, 0.15) is 6.04 Å². The van der Waals surface area contributed by atoms with Crippen LogP contribution in [0.1, 0.15) is 32.1 Å². The first-order valence-electron chi connectivity index (χ1n) is 7.65. The van der Waals surface area contributed by atoms with Crippen molar-refractivity contribution in [2.24, 2.45) is 0 Å². The number of piperidine rings is 1. The van der Waals surface area contributed by atoms with E-state index in [1.54, 1.807) is 11.3 Å². The smallest absolute Gasteiger partial charge is 0.323 e. The van der Waals surface area contributed by atoms with Crippen LogP contribution in [0.15, 0.2) is 20.4 Å². The third-order valence-corrected chi connectivity index (χ3v) is 5.45. The van der Waals surface area contributed by atoms with E-state index in [0.717, 1.165) is 35.2 Å². The minimum absolute atomic E-state index is 0.158. The first-order chi connectivity index (χ1) is 11.2. The topological polar surface area (TPSA) is 68.5 Å². The molecule has 0 radical (unpaired) electrons. The standard InChI is InChI=1S/C15H18BrN3O3S/c1-2-21-15(20)11-5-3-4-6-19(11)8-13-17-14(18-22-13)12-7-10(16)9-23-12/h7,9,11H,2-6,8H2,1H3. The van der Waals surface area contributed by atoms with Gasteiger partial charge < -0.3 is 9.26 Å². The SMILES string of the molecule is CCOC(=O)C1CCCCN1Cc1nc(-c2cc(Br)cs2)no1. The molecule has 1 unspecified atom stereocenters. The normalized spacial score (nSPS) is 19.0. The third kappa shape index (κ3) is 3.99. The Morgan fingerprint density at radius 2 is 2.43 bits per heavy atom. The fraction of sp³-hybridized carbons (Fsp3) is 0.533. The number of esters is 1. The quantitative estimate of drug-likeness (QED) is 0.716. The summed E-state index contributed by atoms with van der Waals surface area (Å²) in [6, 6.07) is 1.75. The number of carbonyl (C=O) groups is 1. The van der Waals surface area contributed by atoms with Crippen LogP contribution >= 0.6 is 27.3 Å². The fourth-order valence-electron chi connectivity index (χ4n) is 2.71. The lowest BCUT2D eigenvalue weighted by Gasteiger charge is -2.32. The van der Waals surface area contributed by atoms with Gasteiger partial charge in [-0.05, 0) is 48.3 Å². The van der Waals surface area contributed by atoms with Crippen LogP contribution in [0.25, 0.3) is 10.7 Å². The van der Waals surface area contributed by atoms with Crippen molar-refractivity contribution in [3.63, 3.8) is 0 Å². The summed E-state index contributed by atoms with van der Waals surface area (Å²) in [5.74, 6) is 0.954. The molecule has 124 valence electrons. The molecule has 2 aromatic rings. The number of hydrogen-bond donors (Lipinski definition) is 0. The molecule has 0 spiro atoms. The van der Waals surface area contributed by atoms with E-state index < -0.39 is 0 Å². The van der Waals surface area contributed by atoms with Gasteiger partial charge >= 0.3 is 5.97 Å². The maximum absolute atomic E-state index is 12.1. The minimum Gasteiger partial charge on any atom is -0.465 e. The van der Waals surface area contributed by atoms with Gasteiger partial charge in [-0.2, -0.15) is 4.98 Å². The molecule has 23 heavy (non-hydrogen) atoms. The fourth-order valence-corrected chi connectivity index (χ4v) is 4.06. The Hall–Kier alpha value is -1.25. The van der Waals surface area contributed by atoms with E-state index >= 15 is 0 Å². The van der Waals surface area contributed by atoms with E-state index in [-0.39, 0.29) is 12.0 Å². The van der Waals surface area contributed by atoms with Crippen molar-refractivity contribution in [1.29, 1.82) is 0 Å². The highest BCUT2D eigenvalue weighted by atomic mass is 79.9. The van der Waals surface area contributed by atoms with E-state index in [9.17, 15) is 4.79 Å². The van der Waals surface area contributed by atoms with Crippen LogP contribution < -0.4 is 0 Å². The maximum Gasteiger partial charge on any atom is 0.323 e. The van der Waals surface area contributed by atoms with Gasteiger partial charge in [0, 0.05) is 9.85 Å². The van der Waals surface area contributed by atoms with Gasteiger partial charge in [-0.3, -0.25) is 9.69 Å². The molecule has 0 N–H and O–H groups in total. The number of nitrogens with zero attached hydrogens (tertiary/aromatic N) is 3. The monoisotopic (exact) mass is 399 g/mol. The van der Waals surface area contributed by atoms with Crippen LogP contribution in [0, 0.1) is 0 Å². The second kappa shape index (κ2) is 7.55. The Morgan fingerprint density at radius 3 is 3.17 bits per heavy atom. The molecule has 1 aliphatic heterocycles. The first kappa shape index (κ1) is 16.6. The maximum atomic E-state index is 12.1. The number of carbonyl (C=O) groups excluding carboxylic acids is 1. The van der Waals surface area contributed by atoms with Gasteiger partial charge in [0.15, 0.2) is 0 Å². The van der Waals surface area contributed by atoms with Gasteiger partial charge in [-0.15, -0.1) is 11.3 Å². The molecule has 0 amide bonds. The van der Waals surface area contributed by atoms with Crippen molar-refractivity contribution >= 4 is 33.2 Å². The summed E-state index contributed by atoms with van der Waals surface area (Å²) in [6.45, 7) is 3.55. The zero-order valence-corrected chi connectivity index (χ0v) is 15.2. The van der Waals surface area contributed by atoms with E-state index in [0.29, 0.717) is 24.9 Å². The largest absolute Gasteiger partial charge is 0.465 e. The van der Waals surface area contributed by atoms with E-state index in [4.69, 9.17) is 9.26 Å². The molecule has 1 saturated heterocycles. The molecule has 0 bridgehead atoms. The van der Waals surface area contributed by atoms with Crippen molar-refractivity contribution in [1.82, 2.24) is 15.0 Å². The third-order valence-electron chi connectivity index (χ3n) is 3.77. The molecule has 0 saturated carbocycles. The van der Waals surface area contributed by atoms with E-state index in [1.807, 2.05) is 18.4 Å². The number of thiophene rings is 1. The van der Waals surface area contributed by atoms with Crippen molar-refractivity contribution in [2.45, 2.75) is 38.8 Å². The number of halogens is 1. The number of ether oxygens (including phenoxy) is 1. The van der Waals surface area contributed by atoms with Gasteiger partial charge in [-0.25, -0.2) is 0 Å². The highest BCUT2D eigenvalue weighted by Crippen LogP contribution is 2.28. The lowest BCUT2D eigenvalue weighted by Crippen LogP contribution is -2.45. The molecular weight excluding hydrogens is 382 g/mol. The zero-order valence-electron chi connectivity index (χ0n) is 12.8. The van der Waals surface area contributed by atoms with E-state index in [2.05, 4.69) is 31.0 Å². The van der Waals surface area contributed by atoms with Crippen LogP contribution in [0.2, 0.25) is 0 Å². The molecule has 0 aliphatic carbocycles. The van der Waals surface area contributed by atoms with Crippen LogP contribution in [-0.4, -0.2) is 40.2 Å². The van der Waals surface area contributed by atoms with Crippen molar-refractivity contribution in [3.8, 4) is 10.7 Å². The molecule has 2 aromatic heterocycles. The highest BCUT2D eigenvalue weighted by molar-refractivity contribution is 9.10. The number of likely N-dealkylation sites (tertiary alicyclic amines) is 1.